The fraction of sp³-hybridized carbons (Fsp3) is 0.538. The summed E-state index contributed by atoms with van der Waals surface area (Å²) in [5, 5.41) is 9.80. The van der Waals surface area contributed by atoms with Crippen LogP contribution < -0.4 is 5.73 Å². The molecule has 0 aliphatic rings. The van der Waals surface area contributed by atoms with Crippen LogP contribution in [0.1, 0.15) is 36.8 Å². The number of likely N-dealkylation sites (N-methyl/N-ethyl adjacent to an activating group) is 1. The summed E-state index contributed by atoms with van der Waals surface area (Å²) < 4.78 is 0. The molecule has 18 heavy (non-hydrogen) atoms. The van der Waals surface area contributed by atoms with Crippen molar-refractivity contribution in [3.63, 3.8) is 0 Å². The number of amides is 1. The number of aryl methyl sites for hydroxylation is 1. The molecule has 0 bridgehead atoms. The predicted octanol–water partition coefficient (Wildman–Crippen LogP) is 1.21. The van der Waals surface area contributed by atoms with Crippen LogP contribution in [0.3, 0.4) is 0 Å². The van der Waals surface area contributed by atoms with Gasteiger partial charge in [0, 0.05) is 13.1 Å². The third-order valence-electron chi connectivity index (χ3n) is 2.59. The molecule has 0 radical (unpaired) electrons. The van der Waals surface area contributed by atoms with Gasteiger partial charge in [-0.25, -0.2) is 0 Å². The molecule has 0 fully saturated rings. The second kappa shape index (κ2) is 5.35. The smallest absolute Gasteiger partial charge is 0.255 e. The number of aromatic nitrogens is 1. The highest BCUT2D eigenvalue weighted by molar-refractivity contribution is 5.96. The van der Waals surface area contributed by atoms with Crippen molar-refractivity contribution in [2.45, 2.75) is 33.3 Å². The number of anilines is 1. The molecule has 0 saturated carbocycles. The molecule has 0 atom stereocenters. The van der Waals surface area contributed by atoms with Crippen LogP contribution in [0, 0.1) is 6.92 Å². The average molecular weight is 251 g/mol. The highest BCUT2D eigenvalue weighted by atomic mass is 16.3. The fourth-order valence-corrected chi connectivity index (χ4v) is 1.73. The van der Waals surface area contributed by atoms with E-state index in [2.05, 4.69) is 4.98 Å². The van der Waals surface area contributed by atoms with Gasteiger partial charge in [0.2, 0.25) is 0 Å². The van der Waals surface area contributed by atoms with Crippen molar-refractivity contribution in [2.75, 3.05) is 18.8 Å². The Morgan fingerprint density at radius 1 is 1.56 bits per heavy atom. The predicted molar refractivity (Wildman–Crippen MR) is 71.3 cm³/mol. The summed E-state index contributed by atoms with van der Waals surface area (Å²) in [6.45, 7) is 7.79. The minimum Gasteiger partial charge on any atom is -0.397 e. The first kappa shape index (κ1) is 14.4. The van der Waals surface area contributed by atoms with Crippen LogP contribution in [0.2, 0.25) is 0 Å². The highest BCUT2D eigenvalue weighted by Gasteiger charge is 2.23. The standard InChI is InChI=1S/C13H21N3O2/c1-5-16(8-13(3,4)18)12(17)11-6-10(14)7-15-9(11)2/h6-7,18H,5,8,14H2,1-4H3. The molecule has 0 unspecified atom stereocenters. The minimum absolute atomic E-state index is 0.156. The first-order valence-corrected chi connectivity index (χ1v) is 5.98. The third kappa shape index (κ3) is 3.70. The first-order valence-electron chi connectivity index (χ1n) is 5.98. The lowest BCUT2D eigenvalue weighted by atomic mass is 10.1. The number of hydrogen-bond donors (Lipinski definition) is 2. The molecule has 0 aromatic carbocycles. The van der Waals surface area contributed by atoms with Crippen molar-refractivity contribution in [1.29, 1.82) is 0 Å². The second-order valence-electron chi connectivity index (χ2n) is 5.03. The summed E-state index contributed by atoms with van der Waals surface area (Å²) in [5.41, 5.74) is 6.32. The Hall–Kier alpha value is -1.62. The van der Waals surface area contributed by atoms with E-state index in [9.17, 15) is 9.90 Å². The largest absolute Gasteiger partial charge is 0.397 e. The van der Waals surface area contributed by atoms with Crippen molar-refractivity contribution in [2.24, 2.45) is 0 Å². The summed E-state index contributed by atoms with van der Waals surface area (Å²) in [5.74, 6) is -0.156. The van der Waals surface area contributed by atoms with Gasteiger partial charge in [-0.05, 0) is 33.8 Å². The topological polar surface area (TPSA) is 79.5 Å². The van der Waals surface area contributed by atoms with E-state index in [1.807, 2.05) is 6.92 Å². The molecule has 0 saturated heterocycles. The van der Waals surface area contributed by atoms with Gasteiger partial charge in [0.25, 0.3) is 5.91 Å². The van der Waals surface area contributed by atoms with Crippen LogP contribution >= 0.6 is 0 Å². The van der Waals surface area contributed by atoms with Crippen LogP contribution in [0.25, 0.3) is 0 Å². The molecule has 1 aromatic heterocycles. The Morgan fingerprint density at radius 3 is 2.67 bits per heavy atom. The van der Waals surface area contributed by atoms with Gasteiger partial charge in [-0.1, -0.05) is 0 Å². The molecule has 5 nitrogen and oxygen atoms in total. The lowest BCUT2D eigenvalue weighted by Crippen LogP contribution is -2.42. The summed E-state index contributed by atoms with van der Waals surface area (Å²) in [6, 6.07) is 1.62. The number of carbonyl (C=O) groups is 1. The van der Waals surface area contributed by atoms with E-state index in [0.29, 0.717) is 23.5 Å². The van der Waals surface area contributed by atoms with Gasteiger partial charge in [0.05, 0.1) is 28.7 Å². The van der Waals surface area contributed by atoms with Crippen LogP contribution in [0.4, 0.5) is 5.69 Å². The van der Waals surface area contributed by atoms with Gasteiger partial charge in [0.15, 0.2) is 0 Å². The molecule has 0 aliphatic heterocycles. The molecule has 100 valence electrons. The Bertz CT molecular complexity index is 438. The van der Waals surface area contributed by atoms with E-state index < -0.39 is 5.60 Å². The summed E-state index contributed by atoms with van der Waals surface area (Å²) in [7, 11) is 0. The molecule has 1 rings (SSSR count). The molecule has 3 N–H and O–H groups in total. The van der Waals surface area contributed by atoms with Gasteiger partial charge in [-0.3, -0.25) is 9.78 Å². The zero-order valence-corrected chi connectivity index (χ0v) is 11.4. The lowest BCUT2D eigenvalue weighted by molar-refractivity contribution is 0.0314. The number of carbonyl (C=O) groups excluding carboxylic acids is 1. The van der Waals surface area contributed by atoms with Crippen LogP contribution in [0.15, 0.2) is 12.3 Å². The number of nitrogens with zero attached hydrogens (tertiary/aromatic N) is 2. The molecule has 1 heterocycles. The third-order valence-corrected chi connectivity index (χ3v) is 2.59. The Balaban J connectivity index is 3.00. The Labute approximate surface area is 108 Å². The summed E-state index contributed by atoms with van der Waals surface area (Å²) in [4.78, 5) is 18.0. The Kier molecular flexibility index (Phi) is 4.29. The first-order chi connectivity index (χ1) is 8.24. The average Bonchev–Trinajstić information content (AvgIpc) is 2.27. The second-order valence-corrected chi connectivity index (χ2v) is 5.03. The van der Waals surface area contributed by atoms with Gasteiger partial charge in [-0.15, -0.1) is 0 Å². The molecule has 1 aromatic rings. The molecule has 5 heteroatoms. The van der Waals surface area contributed by atoms with Gasteiger partial charge in [0.1, 0.15) is 0 Å². The maximum Gasteiger partial charge on any atom is 0.255 e. The van der Waals surface area contributed by atoms with Gasteiger partial charge in [-0.2, -0.15) is 0 Å². The number of nitrogen functional groups attached to an aromatic ring is 1. The van der Waals surface area contributed by atoms with Crippen molar-refractivity contribution in [1.82, 2.24) is 9.88 Å². The highest BCUT2D eigenvalue weighted by Crippen LogP contribution is 2.14. The van der Waals surface area contributed by atoms with Crippen molar-refractivity contribution in [3.05, 3.63) is 23.5 Å². The number of rotatable bonds is 4. The number of nitrogens with two attached hydrogens (primary N) is 1. The molecule has 0 spiro atoms. The SMILES string of the molecule is CCN(CC(C)(C)O)C(=O)c1cc(N)cnc1C. The zero-order valence-electron chi connectivity index (χ0n) is 11.4. The van der Waals surface area contributed by atoms with E-state index in [1.54, 1.807) is 31.7 Å². The Morgan fingerprint density at radius 2 is 2.17 bits per heavy atom. The number of aliphatic hydroxyl groups is 1. The maximum absolute atomic E-state index is 12.3. The molecular formula is C13H21N3O2. The normalized spacial score (nSPS) is 11.4. The summed E-state index contributed by atoms with van der Waals surface area (Å²) >= 11 is 0. The lowest BCUT2D eigenvalue weighted by Gasteiger charge is -2.28. The van der Waals surface area contributed by atoms with E-state index in [1.165, 1.54) is 6.20 Å². The van der Waals surface area contributed by atoms with Crippen molar-refractivity contribution >= 4 is 11.6 Å². The van der Waals surface area contributed by atoms with Gasteiger partial charge >= 0.3 is 0 Å². The zero-order chi connectivity index (χ0) is 13.9. The summed E-state index contributed by atoms with van der Waals surface area (Å²) in [6.07, 6.45) is 1.53. The minimum atomic E-state index is -0.923. The van der Waals surface area contributed by atoms with Gasteiger partial charge < -0.3 is 15.7 Å². The van der Waals surface area contributed by atoms with Crippen molar-refractivity contribution < 1.29 is 9.90 Å². The fourth-order valence-electron chi connectivity index (χ4n) is 1.73. The van der Waals surface area contributed by atoms with Crippen LogP contribution in [-0.2, 0) is 0 Å². The van der Waals surface area contributed by atoms with E-state index in [0.717, 1.165) is 0 Å². The van der Waals surface area contributed by atoms with Crippen molar-refractivity contribution in [3.8, 4) is 0 Å². The van der Waals surface area contributed by atoms with E-state index in [-0.39, 0.29) is 12.5 Å². The molecular weight excluding hydrogens is 230 g/mol. The monoisotopic (exact) mass is 251 g/mol. The number of pyridine rings is 1. The maximum atomic E-state index is 12.3. The van der Waals surface area contributed by atoms with Crippen LogP contribution in [-0.4, -0.2) is 39.6 Å². The van der Waals surface area contributed by atoms with Crippen LogP contribution in [0.5, 0.6) is 0 Å². The van der Waals surface area contributed by atoms with E-state index >= 15 is 0 Å². The quantitative estimate of drug-likeness (QED) is 0.843. The molecule has 0 aliphatic carbocycles. The number of hydrogen-bond acceptors (Lipinski definition) is 4. The van der Waals surface area contributed by atoms with E-state index in [4.69, 9.17) is 5.73 Å². The molecule has 1 amide bonds.